The summed E-state index contributed by atoms with van der Waals surface area (Å²) in [5.41, 5.74) is 1.95. The number of benzene rings is 1. The van der Waals surface area contributed by atoms with E-state index in [1.165, 1.54) is 7.11 Å². The molecule has 3 heteroatoms. The van der Waals surface area contributed by atoms with E-state index in [9.17, 15) is 0 Å². The zero-order chi connectivity index (χ0) is 10.1. The summed E-state index contributed by atoms with van der Waals surface area (Å²) in [7, 11) is 3.48. The molecule has 3 nitrogen and oxygen atoms in total. The van der Waals surface area contributed by atoms with E-state index in [1.54, 1.807) is 0 Å². The van der Waals surface area contributed by atoms with Crippen molar-refractivity contribution in [2.75, 3.05) is 7.11 Å². The molecule has 1 aromatic carbocycles. The Balaban J connectivity index is 2.72. The Labute approximate surface area is 82.4 Å². The molecule has 0 aliphatic rings. The summed E-state index contributed by atoms with van der Waals surface area (Å²) in [6.45, 7) is 0. The van der Waals surface area contributed by atoms with Crippen LogP contribution >= 0.6 is 0 Å². The van der Waals surface area contributed by atoms with Gasteiger partial charge in [0.1, 0.15) is 0 Å². The first kappa shape index (κ1) is 8.81. The Morgan fingerprint density at radius 1 is 1.36 bits per heavy atom. The molecular formula is C11H12N2O. The van der Waals surface area contributed by atoms with E-state index in [2.05, 4.69) is 0 Å². The van der Waals surface area contributed by atoms with Crippen LogP contribution in [0.3, 0.4) is 0 Å². The standard InChI is InChI=1S/C11H12N2O/c1-13-7-9(11(12)14-2)8-5-3-4-6-10(8)13/h3-7,12H,1-2H3. The van der Waals surface area contributed by atoms with Crippen molar-refractivity contribution in [3.63, 3.8) is 0 Å². The number of aromatic nitrogens is 1. The van der Waals surface area contributed by atoms with Crippen LogP contribution < -0.4 is 0 Å². The predicted molar refractivity (Wildman–Crippen MR) is 56.8 cm³/mol. The van der Waals surface area contributed by atoms with Crippen LogP contribution in [0.1, 0.15) is 5.56 Å². The van der Waals surface area contributed by atoms with Gasteiger partial charge in [0.15, 0.2) is 0 Å². The average Bonchev–Trinajstić information content (AvgIpc) is 2.56. The van der Waals surface area contributed by atoms with E-state index in [-0.39, 0.29) is 5.90 Å². The fourth-order valence-electron chi connectivity index (χ4n) is 1.63. The summed E-state index contributed by atoms with van der Waals surface area (Å²) in [6, 6.07) is 7.98. The highest BCUT2D eigenvalue weighted by Gasteiger charge is 2.09. The van der Waals surface area contributed by atoms with Gasteiger partial charge in [0.05, 0.1) is 12.7 Å². The monoisotopic (exact) mass is 188 g/mol. The van der Waals surface area contributed by atoms with E-state index in [4.69, 9.17) is 10.1 Å². The number of para-hydroxylation sites is 1. The second-order valence-corrected chi connectivity index (χ2v) is 3.20. The SMILES string of the molecule is COC(=N)c1cn(C)c2ccccc12. The maximum absolute atomic E-state index is 7.64. The highest BCUT2D eigenvalue weighted by atomic mass is 16.5. The van der Waals surface area contributed by atoms with Crippen molar-refractivity contribution in [2.45, 2.75) is 0 Å². The highest BCUT2D eigenvalue weighted by Crippen LogP contribution is 2.20. The summed E-state index contributed by atoms with van der Waals surface area (Å²) in [5, 5.41) is 8.70. The van der Waals surface area contributed by atoms with Crippen LogP contribution in [-0.4, -0.2) is 17.6 Å². The Morgan fingerprint density at radius 3 is 2.79 bits per heavy atom. The van der Waals surface area contributed by atoms with Crippen molar-refractivity contribution < 1.29 is 4.74 Å². The van der Waals surface area contributed by atoms with Crippen LogP contribution in [0, 0.1) is 5.41 Å². The molecule has 0 spiro atoms. The molecule has 0 atom stereocenters. The van der Waals surface area contributed by atoms with Gasteiger partial charge in [-0.3, -0.25) is 5.41 Å². The summed E-state index contributed by atoms with van der Waals surface area (Å²) in [4.78, 5) is 0. The Bertz CT molecular complexity index is 485. The number of nitrogens with zero attached hydrogens (tertiary/aromatic N) is 1. The third kappa shape index (κ3) is 1.18. The summed E-state index contributed by atoms with van der Waals surface area (Å²) >= 11 is 0. The molecular weight excluding hydrogens is 176 g/mol. The van der Waals surface area contributed by atoms with Gasteiger partial charge in [0, 0.05) is 24.1 Å². The summed E-state index contributed by atoms with van der Waals surface area (Å²) in [5.74, 6) is 0.210. The number of rotatable bonds is 1. The van der Waals surface area contributed by atoms with Crippen molar-refractivity contribution >= 4 is 16.8 Å². The average molecular weight is 188 g/mol. The van der Waals surface area contributed by atoms with E-state index < -0.39 is 0 Å². The first-order valence-corrected chi connectivity index (χ1v) is 4.41. The maximum atomic E-state index is 7.64. The Kier molecular flexibility index (Phi) is 2.00. The maximum Gasteiger partial charge on any atom is 0.215 e. The van der Waals surface area contributed by atoms with E-state index in [0.717, 1.165) is 16.5 Å². The van der Waals surface area contributed by atoms with Gasteiger partial charge in [-0.05, 0) is 6.07 Å². The van der Waals surface area contributed by atoms with Gasteiger partial charge in [-0.2, -0.15) is 0 Å². The molecule has 0 unspecified atom stereocenters. The molecule has 0 aliphatic heterocycles. The Morgan fingerprint density at radius 2 is 2.07 bits per heavy atom. The largest absolute Gasteiger partial charge is 0.481 e. The molecule has 2 aromatic rings. The van der Waals surface area contributed by atoms with Crippen LogP contribution in [0.5, 0.6) is 0 Å². The van der Waals surface area contributed by atoms with Gasteiger partial charge >= 0.3 is 0 Å². The smallest absolute Gasteiger partial charge is 0.215 e. The number of aryl methyl sites for hydroxylation is 1. The quantitative estimate of drug-likeness (QED) is 0.540. The minimum absolute atomic E-state index is 0.210. The molecule has 72 valence electrons. The molecule has 2 rings (SSSR count). The molecule has 0 saturated carbocycles. The molecule has 0 fully saturated rings. The van der Waals surface area contributed by atoms with Crippen molar-refractivity contribution in [3.8, 4) is 0 Å². The van der Waals surface area contributed by atoms with Crippen molar-refractivity contribution in [1.82, 2.24) is 4.57 Å². The molecule has 14 heavy (non-hydrogen) atoms. The molecule has 0 amide bonds. The van der Waals surface area contributed by atoms with Gasteiger partial charge in [0.25, 0.3) is 0 Å². The van der Waals surface area contributed by atoms with Crippen LogP contribution in [0.4, 0.5) is 0 Å². The van der Waals surface area contributed by atoms with E-state index >= 15 is 0 Å². The summed E-state index contributed by atoms with van der Waals surface area (Å²) < 4.78 is 6.93. The lowest BCUT2D eigenvalue weighted by Crippen LogP contribution is -1.99. The highest BCUT2D eigenvalue weighted by molar-refractivity contribution is 6.05. The van der Waals surface area contributed by atoms with Crippen molar-refractivity contribution in [3.05, 3.63) is 36.0 Å². The first-order chi connectivity index (χ1) is 6.74. The molecule has 0 saturated heterocycles. The lowest BCUT2D eigenvalue weighted by Gasteiger charge is -1.98. The fraction of sp³-hybridized carbons (Fsp3) is 0.182. The second kappa shape index (κ2) is 3.18. The molecule has 1 aromatic heterocycles. The number of hydrogen-bond donors (Lipinski definition) is 1. The molecule has 0 bridgehead atoms. The summed E-state index contributed by atoms with van der Waals surface area (Å²) in [6.07, 6.45) is 1.91. The van der Waals surface area contributed by atoms with Gasteiger partial charge < -0.3 is 9.30 Å². The van der Waals surface area contributed by atoms with Gasteiger partial charge in [-0.25, -0.2) is 0 Å². The van der Waals surface area contributed by atoms with Crippen molar-refractivity contribution in [1.29, 1.82) is 5.41 Å². The number of hydrogen-bond acceptors (Lipinski definition) is 2. The van der Waals surface area contributed by atoms with Crippen molar-refractivity contribution in [2.24, 2.45) is 7.05 Å². The molecule has 0 radical (unpaired) electrons. The van der Waals surface area contributed by atoms with Crippen LogP contribution in [0.2, 0.25) is 0 Å². The normalized spacial score (nSPS) is 10.4. The number of methoxy groups -OCH3 is 1. The molecule has 1 N–H and O–H groups in total. The lowest BCUT2D eigenvalue weighted by atomic mass is 10.2. The number of nitrogens with one attached hydrogen (secondary N) is 1. The zero-order valence-electron chi connectivity index (χ0n) is 8.24. The first-order valence-electron chi connectivity index (χ1n) is 4.41. The second-order valence-electron chi connectivity index (χ2n) is 3.20. The van der Waals surface area contributed by atoms with E-state index in [1.807, 2.05) is 42.1 Å². The number of ether oxygens (including phenoxy) is 1. The van der Waals surface area contributed by atoms with Crippen LogP contribution in [0.25, 0.3) is 10.9 Å². The predicted octanol–water partition coefficient (Wildman–Crippen LogP) is 2.15. The topological polar surface area (TPSA) is 38.0 Å². The van der Waals surface area contributed by atoms with Gasteiger partial charge in [0.2, 0.25) is 5.90 Å². The number of fused-ring (bicyclic) bond motifs is 1. The molecule has 1 heterocycles. The zero-order valence-corrected chi connectivity index (χ0v) is 8.24. The van der Waals surface area contributed by atoms with E-state index in [0.29, 0.717) is 0 Å². The third-order valence-electron chi connectivity index (χ3n) is 2.35. The molecule has 0 aliphatic carbocycles. The lowest BCUT2D eigenvalue weighted by molar-refractivity contribution is 0.401. The van der Waals surface area contributed by atoms with Crippen LogP contribution in [0.15, 0.2) is 30.5 Å². The minimum Gasteiger partial charge on any atom is -0.481 e. The Hall–Kier alpha value is -1.77. The minimum atomic E-state index is 0.210. The fourth-order valence-corrected chi connectivity index (χ4v) is 1.63. The van der Waals surface area contributed by atoms with Gasteiger partial charge in [-0.1, -0.05) is 18.2 Å². The van der Waals surface area contributed by atoms with Crippen LogP contribution in [-0.2, 0) is 11.8 Å². The van der Waals surface area contributed by atoms with Gasteiger partial charge in [-0.15, -0.1) is 0 Å². The third-order valence-corrected chi connectivity index (χ3v) is 2.35.